The predicted octanol–water partition coefficient (Wildman–Crippen LogP) is 3.30. The predicted molar refractivity (Wildman–Crippen MR) is 98.2 cm³/mol. The Kier molecular flexibility index (Phi) is 4.36. The van der Waals surface area contributed by atoms with Crippen molar-refractivity contribution < 1.29 is 4.79 Å². The molecule has 0 radical (unpaired) electrons. The van der Waals surface area contributed by atoms with E-state index in [0.29, 0.717) is 0 Å². The third-order valence-electron chi connectivity index (χ3n) is 4.21. The third kappa shape index (κ3) is 3.02. The molecule has 0 aliphatic heterocycles. The van der Waals surface area contributed by atoms with E-state index in [-0.39, 0.29) is 11.5 Å². The van der Waals surface area contributed by atoms with Gasteiger partial charge >= 0.3 is 0 Å². The van der Waals surface area contributed by atoms with Crippen molar-refractivity contribution in [1.82, 2.24) is 14.9 Å². The molecule has 0 spiro atoms. The van der Waals surface area contributed by atoms with E-state index in [1.165, 1.54) is 7.05 Å². The number of pyridine rings is 1. The van der Waals surface area contributed by atoms with Crippen molar-refractivity contribution in [2.75, 3.05) is 7.05 Å². The topological polar surface area (TPSA) is 70.7 Å². The molecule has 2 aromatic heterocycles. The normalized spacial score (nSPS) is 11.4. The van der Waals surface area contributed by atoms with Crippen molar-refractivity contribution in [2.45, 2.75) is 13.8 Å². The van der Waals surface area contributed by atoms with Gasteiger partial charge in [0.1, 0.15) is 11.6 Å². The maximum absolute atomic E-state index is 11.8. The molecule has 5 heteroatoms. The number of nitrogens with zero attached hydrogens (tertiary/aromatic N) is 3. The average molecular weight is 330 g/mol. The molecule has 3 aromatic rings. The molecule has 1 N–H and O–H groups in total. The molecule has 0 aliphatic rings. The molecule has 0 unspecified atom stereocenters. The van der Waals surface area contributed by atoms with E-state index in [4.69, 9.17) is 0 Å². The van der Waals surface area contributed by atoms with Crippen LogP contribution in [0, 0.1) is 25.2 Å². The summed E-state index contributed by atoms with van der Waals surface area (Å²) in [6.07, 6.45) is 3.40. The summed E-state index contributed by atoms with van der Waals surface area (Å²) in [4.78, 5) is 16.1. The molecule has 124 valence electrons. The van der Waals surface area contributed by atoms with Crippen molar-refractivity contribution in [3.05, 3.63) is 65.1 Å². The van der Waals surface area contributed by atoms with Crippen molar-refractivity contribution in [2.24, 2.45) is 0 Å². The van der Waals surface area contributed by atoms with Gasteiger partial charge in [-0.3, -0.25) is 9.78 Å². The lowest BCUT2D eigenvalue weighted by atomic mass is 10.1. The number of nitrogens with one attached hydrogen (secondary N) is 1. The first-order valence-corrected chi connectivity index (χ1v) is 7.93. The summed E-state index contributed by atoms with van der Waals surface area (Å²) in [6, 6.07) is 14.0. The van der Waals surface area contributed by atoms with E-state index < -0.39 is 0 Å². The number of hydrogen-bond donors (Lipinski definition) is 1. The Hall–Kier alpha value is -3.39. The first-order chi connectivity index (χ1) is 12.0. The molecule has 0 atom stereocenters. The molecule has 0 fully saturated rings. The molecule has 2 heterocycles. The monoisotopic (exact) mass is 330 g/mol. The molecule has 1 aromatic carbocycles. The summed E-state index contributed by atoms with van der Waals surface area (Å²) < 4.78 is 2.11. The standard InChI is InChI=1S/C20H18N4O/c1-13-9-16(10-17(12-21)20(25)22-3)14(2)24(13)18-6-7-19-15(11-18)5-4-8-23-19/h4-11H,1-3H3,(H,22,25)/b17-10-. The second-order valence-corrected chi connectivity index (χ2v) is 5.79. The van der Waals surface area contributed by atoms with E-state index >= 15 is 0 Å². The summed E-state index contributed by atoms with van der Waals surface area (Å²) in [5.74, 6) is -0.385. The van der Waals surface area contributed by atoms with Crippen LogP contribution in [0.1, 0.15) is 17.0 Å². The fourth-order valence-electron chi connectivity index (χ4n) is 2.97. The van der Waals surface area contributed by atoms with E-state index in [9.17, 15) is 10.1 Å². The molecule has 0 saturated heterocycles. The molecule has 3 rings (SSSR count). The number of benzene rings is 1. The van der Waals surface area contributed by atoms with Crippen LogP contribution in [0.4, 0.5) is 0 Å². The Labute approximate surface area is 146 Å². The van der Waals surface area contributed by atoms with Gasteiger partial charge in [-0.25, -0.2) is 0 Å². The molecule has 1 amide bonds. The molecule has 0 aliphatic carbocycles. The van der Waals surface area contributed by atoms with Gasteiger partial charge in [-0.15, -0.1) is 0 Å². The van der Waals surface area contributed by atoms with Gasteiger partial charge in [-0.2, -0.15) is 5.26 Å². The molecule has 25 heavy (non-hydrogen) atoms. The van der Waals surface area contributed by atoms with Crippen LogP contribution in [0.2, 0.25) is 0 Å². The number of likely N-dealkylation sites (N-methyl/N-ethyl adjacent to an activating group) is 1. The number of aryl methyl sites for hydroxylation is 1. The SMILES string of the molecule is CNC(=O)/C(C#N)=C\c1cc(C)n(-c2ccc3ncccc3c2)c1C. The van der Waals surface area contributed by atoms with Crippen LogP contribution in [-0.2, 0) is 4.79 Å². The lowest BCUT2D eigenvalue weighted by Crippen LogP contribution is -2.19. The van der Waals surface area contributed by atoms with Crippen LogP contribution >= 0.6 is 0 Å². The molecule has 5 nitrogen and oxygen atoms in total. The van der Waals surface area contributed by atoms with Gasteiger partial charge in [0.25, 0.3) is 5.91 Å². The van der Waals surface area contributed by atoms with Crippen LogP contribution in [-0.4, -0.2) is 22.5 Å². The summed E-state index contributed by atoms with van der Waals surface area (Å²) in [6.45, 7) is 3.98. The van der Waals surface area contributed by atoms with E-state index in [1.807, 2.05) is 50.2 Å². The number of carbonyl (C=O) groups is 1. The highest BCUT2D eigenvalue weighted by atomic mass is 16.1. The number of aromatic nitrogens is 2. The molecular weight excluding hydrogens is 312 g/mol. The maximum atomic E-state index is 11.8. The summed E-state index contributed by atoms with van der Waals surface area (Å²) in [5, 5.41) is 12.7. The highest BCUT2D eigenvalue weighted by Gasteiger charge is 2.13. The van der Waals surface area contributed by atoms with Crippen LogP contribution < -0.4 is 5.32 Å². The molecular formula is C20H18N4O. The summed E-state index contributed by atoms with van der Waals surface area (Å²) in [7, 11) is 1.51. The lowest BCUT2D eigenvalue weighted by Gasteiger charge is -2.10. The van der Waals surface area contributed by atoms with Crippen molar-refractivity contribution >= 4 is 22.9 Å². The third-order valence-corrected chi connectivity index (χ3v) is 4.21. The van der Waals surface area contributed by atoms with Gasteiger partial charge in [0.2, 0.25) is 0 Å². The molecule has 0 saturated carbocycles. The smallest absolute Gasteiger partial charge is 0.261 e. The Balaban J connectivity index is 2.12. The summed E-state index contributed by atoms with van der Waals surface area (Å²) in [5.41, 5.74) is 4.90. The Morgan fingerprint density at radius 1 is 1.28 bits per heavy atom. The number of rotatable bonds is 3. The van der Waals surface area contributed by atoms with E-state index in [1.54, 1.807) is 12.3 Å². The number of amides is 1. The minimum Gasteiger partial charge on any atom is -0.354 e. The first kappa shape index (κ1) is 16.5. The largest absolute Gasteiger partial charge is 0.354 e. The quantitative estimate of drug-likeness (QED) is 0.592. The van der Waals surface area contributed by atoms with Gasteiger partial charge in [0, 0.05) is 35.7 Å². The number of hydrogen-bond acceptors (Lipinski definition) is 3. The first-order valence-electron chi connectivity index (χ1n) is 7.93. The van der Waals surface area contributed by atoms with Gasteiger partial charge in [0.15, 0.2) is 0 Å². The zero-order valence-corrected chi connectivity index (χ0v) is 14.4. The van der Waals surface area contributed by atoms with Crippen LogP contribution in [0.3, 0.4) is 0 Å². The maximum Gasteiger partial charge on any atom is 0.261 e. The minimum atomic E-state index is -0.385. The van der Waals surface area contributed by atoms with Gasteiger partial charge in [-0.05, 0) is 55.8 Å². The van der Waals surface area contributed by atoms with Gasteiger partial charge in [0.05, 0.1) is 5.52 Å². The van der Waals surface area contributed by atoms with Crippen molar-refractivity contribution in [3.63, 3.8) is 0 Å². The Morgan fingerprint density at radius 2 is 2.08 bits per heavy atom. The average Bonchev–Trinajstić information content (AvgIpc) is 2.92. The second-order valence-electron chi connectivity index (χ2n) is 5.79. The van der Waals surface area contributed by atoms with Gasteiger partial charge < -0.3 is 9.88 Å². The second kappa shape index (κ2) is 6.62. The highest BCUT2D eigenvalue weighted by Crippen LogP contribution is 2.25. The van der Waals surface area contributed by atoms with Crippen molar-refractivity contribution in [1.29, 1.82) is 5.26 Å². The zero-order chi connectivity index (χ0) is 18.0. The Morgan fingerprint density at radius 3 is 2.80 bits per heavy atom. The van der Waals surface area contributed by atoms with Crippen LogP contribution in [0.15, 0.2) is 48.2 Å². The summed E-state index contributed by atoms with van der Waals surface area (Å²) >= 11 is 0. The highest BCUT2D eigenvalue weighted by molar-refractivity contribution is 6.01. The number of nitriles is 1. The minimum absolute atomic E-state index is 0.0884. The zero-order valence-electron chi connectivity index (χ0n) is 14.4. The number of fused-ring (bicyclic) bond motifs is 1. The Bertz CT molecular complexity index is 1040. The van der Waals surface area contributed by atoms with Crippen LogP contribution in [0.25, 0.3) is 22.7 Å². The van der Waals surface area contributed by atoms with Gasteiger partial charge in [-0.1, -0.05) is 6.07 Å². The molecule has 0 bridgehead atoms. The van der Waals surface area contributed by atoms with E-state index in [2.05, 4.69) is 20.9 Å². The van der Waals surface area contributed by atoms with E-state index in [0.717, 1.165) is 33.5 Å². The van der Waals surface area contributed by atoms with Crippen molar-refractivity contribution in [3.8, 4) is 11.8 Å². The van der Waals surface area contributed by atoms with Crippen LogP contribution in [0.5, 0.6) is 0 Å². The fourth-order valence-corrected chi connectivity index (χ4v) is 2.97. The number of carbonyl (C=O) groups excluding carboxylic acids is 1. The lowest BCUT2D eigenvalue weighted by molar-refractivity contribution is -0.116. The fraction of sp³-hybridized carbons (Fsp3) is 0.150.